The Bertz CT molecular complexity index is 336. The van der Waals surface area contributed by atoms with Gasteiger partial charge in [0.15, 0.2) is 0 Å². The Morgan fingerprint density at radius 2 is 2.18 bits per heavy atom. The van der Waals surface area contributed by atoms with Gasteiger partial charge in [0.1, 0.15) is 6.04 Å². The van der Waals surface area contributed by atoms with Gasteiger partial charge in [-0.15, -0.1) is 11.8 Å². The van der Waals surface area contributed by atoms with E-state index >= 15 is 0 Å². The van der Waals surface area contributed by atoms with E-state index in [4.69, 9.17) is 5.73 Å². The van der Waals surface area contributed by atoms with Crippen LogP contribution in [0.3, 0.4) is 0 Å². The molecule has 5 amide bonds. The maximum absolute atomic E-state index is 11.4. The van der Waals surface area contributed by atoms with Gasteiger partial charge in [-0.1, -0.05) is 6.92 Å². The largest absolute Gasteiger partial charge is 0.352 e. The number of carbonyl (C=O) groups excluding carboxylic acids is 3. The van der Waals surface area contributed by atoms with Crippen LogP contribution in [0.2, 0.25) is 0 Å². The zero-order valence-corrected chi connectivity index (χ0v) is 10.5. The van der Waals surface area contributed by atoms with Gasteiger partial charge < -0.3 is 16.4 Å². The van der Waals surface area contributed by atoms with E-state index in [2.05, 4.69) is 16.0 Å². The van der Waals surface area contributed by atoms with Crippen LogP contribution >= 0.6 is 11.8 Å². The first-order valence-corrected chi connectivity index (χ1v) is 6.24. The fourth-order valence-electron chi connectivity index (χ4n) is 1.47. The lowest BCUT2D eigenvalue weighted by molar-refractivity contribution is -0.120. The Hall–Kier alpha value is -1.44. The molecule has 8 heteroatoms. The predicted molar refractivity (Wildman–Crippen MR) is 64.3 cm³/mol. The molecular weight excluding hydrogens is 244 g/mol. The molecule has 7 nitrogen and oxygen atoms in total. The lowest BCUT2D eigenvalue weighted by atomic mass is 10.1. The third-order valence-electron chi connectivity index (χ3n) is 2.33. The second-order valence-electron chi connectivity index (χ2n) is 3.90. The SMILES string of the molecule is CC(NC(N)=O)SCC(C)C1NC(=O)NC1=O. The fourth-order valence-corrected chi connectivity index (χ4v) is 2.45. The van der Waals surface area contributed by atoms with Gasteiger partial charge in [-0.3, -0.25) is 10.1 Å². The second kappa shape index (κ2) is 5.76. The van der Waals surface area contributed by atoms with Crippen LogP contribution in [0.4, 0.5) is 9.59 Å². The Morgan fingerprint density at radius 1 is 1.53 bits per heavy atom. The van der Waals surface area contributed by atoms with Crippen molar-refractivity contribution >= 4 is 29.7 Å². The third-order valence-corrected chi connectivity index (χ3v) is 3.67. The van der Waals surface area contributed by atoms with Crippen molar-refractivity contribution in [1.29, 1.82) is 0 Å². The number of hydrogen-bond donors (Lipinski definition) is 4. The molecule has 3 atom stereocenters. The van der Waals surface area contributed by atoms with Crippen LogP contribution in [0.5, 0.6) is 0 Å². The highest BCUT2D eigenvalue weighted by molar-refractivity contribution is 7.99. The topological polar surface area (TPSA) is 113 Å². The molecule has 5 N–H and O–H groups in total. The summed E-state index contributed by atoms with van der Waals surface area (Å²) >= 11 is 1.46. The fraction of sp³-hybridized carbons (Fsp3) is 0.667. The van der Waals surface area contributed by atoms with Crippen LogP contribution < -0.4 is 21.7 Å². The van der Waals surface area contributed by atoms with Crippen molar-refractivity contribution in [3.8, 4) is 0 Å². The van der Waals surface area contributed by atoms with E-state index in [0.717, 1.165) is 0 Å². The molecule has 1 fully saturated rings. The standard InChI is InChI=1S/C9H16N4O3S/c1-4(3-17-5(2)11-8(10)15)6-7(14)13-9(16)12-6/h4-6H,3H2,1-2H3,(H3,10,11,15)(H2,12,13,14,16). The van der Waals surface area contributed by atoms with Gasteiger partial charge in [-0.25, -0.2) is 9.59 Å². The molecule has 0 aromatic heterocycles. The molecule has 0 spiro atoms. The van der Waals surface area contributed by atoms with Crippen LogP contribution in [0.1, 0.15) is 13.8 Å². The van der Waals surface area contributed by atoms with Crippen molar-refractivity contribution in [2.24, 2.45) is 11.7 Å². The summed E-state index contributed by atoms with van der Waals surface area (Å²) in [5.74, 6) is 0.294. The summed E-state index contributed by atoms with van der Waals surface area (Å²) in [4.78, 5) is 32.9. The van der Waals surface area contributed by atoms with Gasteiger partial charge >= 0.3 is 12.1 Å². The molecule has 17 heavy (non-hydrogen) atoms. The second-order valence-corrected chi connectivity index (χ2v) is 5.28. The number of urea groups is 2. The van der Waals surface area contributed by atoms with Crippen molar-refractivity contribution in [2.75, 3.05) is 5.75 Å². The first kappa shape index (κ1) is 13.6. The van der Waals surface area contributed by atoms with E-state index in [0.29, 0.717) is 5.75 Å². The number of carbonyl (C=O) groups is 3. The average molecular weight is 260 g/mol. The minimum atomic E-state index is -0.579. The van der Waals surface area contributed by atoms with Crippen LogP contribution in [0, 0.1) is 5.92 Å². The molecule has 0 radical (unpaired) electrons. The highest BCUT2D eigenvalue weighted by Gasteiger charge is 2.33. The molecule has 1 saturated heterocycles. The smallest absolute Gasteiger partial charge is 0.322 e. The summed E-state index contributed by atoms with van der Waals surface area (Å²) in [5.41, 5.74) is 4.98. The average Bonchev–Trinajstić information content (AvgIpc) is 2.53. The van der Waals surface area contributed by atoms with Gasteiger partial charge in [0, 0.05) is 5.75 Å². The quantitative estimate of drug-likeness (QED) is 0.397. The van der Waals surface area contributed by atoms with Gasteiger partial charge in [-0.2, -0.15) is 0 Å². The molecule has 0 aromatic carbocycles. The van der Waals surface area contributed by atoms with Crippen LogP contribution in [0.25, 0.3) is 0 Å². The van der Waals surface area contributed by atoms with Crippen molar-refractivity contribution in [3.63, 3.8) is 0 Å². The van der Waals surface area contributed by atoms with Crippen molar-refractivity contribution in [3.05, 3.63) is 0 Å². The number of nitrogens with one attached hydrogen (secondary N) is 3. The maximum Gasteiger partial charge on any atom is 0.322 e. The predicted octanol–water partition coefficient (Wildman–Crippen LogP) is -0.422. The number of rotatable bonds is 5. The van der Waals surface area contributed by atoms with Gasteiger partial charge in [0.2, 0.25) is 0 Å². The Labute approximate surface area is 103 Å². The Balaban J connectivity index is 2.34. The zero-order chi connectivity index (χ0) is 13.0. The molecule has 96 valence electrons. The maximum atomic E-state index is 11.4. The number of imide groups is 1. The summed E-state index contributed by atoms with van der Waals surface area (Å²) in [7, 11) is 0. The minimum absolute atomic E-state index is 0.0245. The minimum Gasteiger partial charge on any atom is -0.352 e. The van der Waals surface area contributed by atoms with Crippen molar-refractivity contribution in [1.82, 2.24) is 16.0 Å². The molecule has 0 saturated carbocycles. The summed E-state index contributed by atoms with van der Waals surface area (Å²) in [6, 6.07) is -1.54. The number of nitrogens with two attached hydrogens (primary N) is 1. The number of thioether (sulfide) groups is 1. The summed E-state index contributed by atoms with van der Waals surface area (Å²) < 4.78 is 0. The molecule has 1 heterocycles. The number of amides is 5. The summed E-state index contributed by atoms with van der Waals surface area (Å²) in [6.07, 6.45) is 0. The molecule has 0 aromatic rings. The van der Waals surface area contributed by atoms with E-state index in [1.165, 1.54) is 11.8 Å². The van der Waals surface area contributed by atoms with Gasteiger partial charge in [-0.05, 0) is 12.8 Å². The molecular formula is C9H16N4O3S. The van der Waals surface area contributed by atoms with Crippen molar-refractivity contribution in [2.45, 2.75) is 25.3 Å². The van der Waals surface area contributed by atoms with Crippen molar-refractivity contribution < 1.29 is 14.4 Å². The molecule has 1 rings (SSSR count). The van der Waals surface area contributed by atoms with E-state index < -0.39 is 18.1 Å². The normalized spacial score (nSPS) is 22.6. The number of primary amides is 1. The molecule has 1 aliphatic heterocycles. The highest BCUT2D eigenvalue weighted by atomic mass is 32.2. The zero-order valence-electron chi connectivity index (χ0n) is 9.65. The Kier molecular flexibility index (Phi) is 4.62. The Morgan fingerprint density at radius 3 is 2.65 bits per heavy atom. The molecule has 3 unspecified atom stereocenters. The van der Waals surface area contributed by atoms with Gasteiger partial charge in [0.05, 0.1) is 5.37 Å². The van der Waals surface area contributed by atoms with E-state index in [-0.39, 0.29) is 17.2 Å². The number of hydrogen-bond acceptors (Lipinski definition) is 4. The monoisotopic (exact) mass is 260 g/mol. The van der Waals surface area contributed by atoms with Gasteiger partial charge in [0.25, 0.3) is 5.91 Å². The lowest BCUT2D eigenvalue weighted by Crippen LogP contribution is -2.38. The molecule has 0 bridgehead atoms. The lowest BCUT2D eigenvalue weighted by Gasteiger charge is -2.18. The molecule has 1 aliphatic rings. The van der Waals surface area contributed by atoms with Crippen LogP contribution in [-0.4, -0.2) is 35.1 Å². The van der Waals surface area contributed by atoms with E-state index in [9.17, 15) is 14.4 Å². The van der Waals surface area contributed by atoms with E-state index in [1.807, 2.05) is 6.92 Å². The van der Waals surface area contributed by atoms with E-state index in [1.54, 1.807) is 6.92 Å². The molecule has 0 aliphatic carbocycles. The van der Waals surface area contributed by atoms with Crippen LogP contribution in [-0.2, 0) is 4.79 Å². The highest BCUT2D eigenvalue weighted by Crippen LogP contribution is 2.17. The summed E-state index contributed by atoms with van der Waals surface area (Å²) in [5, 5.41) is 7.12. The first-order valence-electron chi connectivity index (χ1n) is 5.19. The first-order chi connectivity index (χ1) is 7.90. The van der Waals surface area contributed by atoms with Crippen LogP contribution in [0.15, 0.2) is 0 Å². The summed E-state index contributed by atoms with van der Waals surface area (Å²) in [6.45, 7) is 3.66. The third kappa shape index (κ3) is 4.14.